The predicted octanol–water partition coefficient (Wildman–Crippen LogP) is 11.9. The van der Waals surface area contributed by atoms with Crippen LogP contribution in [-0.4, -0.2) is 55.7 Å². The van der Waals surface area contributed by atoms with Crippen LogP contribution in [0, 0.1) is 12.8 Å². The van der Waals surface area contributed by atoms with E-state index in [1.165, 1.54) is 0 Å². The van der Waals surface area contributed by atoms with Gasteiger partial charge < -0.3 is 42.6 Å². The van der Waals surface area contributed by atoms with Gasteiger partial charge in [0.1, 0.15) is 6.61 Å². The number of oxime groups is 1. The number of H-pyrrole nitrogens is 1. The van der Waals surface area contributed by atoms with Gasteiger partial charge in [-0.05, 0) is 90.8 Å². The van der Waals surface area contributed by atoms with Gasteiger partial charge in [0.05, 0.1) is 60.2 Å². The second-order valence-electron chi connectivity index (χ2n) is 19.7. The highest BCUT2D eigenvalue weighted by Gasteiger charge is 2.29. The first-order chi connectivity index (χ1) is 40.4. The average molecular weight is 1120 g/mol. The van der Waals surface area contributed by atoms with E-state index in [-0.39, 0.29) is 29.0 Å². The topological polar surface area (TPSA) is 236 Å². The van der Waals surface area contributed by atoms with Gasteiger partial charge in [0, 0.05) is 23.1 Å². The molecule has 6 aromatic carbocycles. The van der Waals surface area contributed by atoms with E-state index in [1.807, 2.05) is 152 Å². The number of unbranched alkanes of at least 4 members (excludes halogenated alkanes) is 1. The first kappa shape index (κ1) is 56.7. The van der Waals surface area contributed by atoms with Crippen molar-refractivity contribution in [2.24, 2.45) is 11.1 Å². The Hall–Kier alpha value is -9.59. The maximum Gasteiger partial charge on any atom is 0.519 e. The predicted molar refractivity (Wildman–Crippen MR) is 309 cm³/mol. The quantitative estimate of drug-likeness (QED) is 0.0248. The van der Waals surface area contributed by atoms with E-state index in [1.54, 1.807) is 24.3 Å². The van der Waals surface area contributed by atoms with Gasteiger partial charge in [-0.2, -0.15) is 4.98 Å². The number of aromatic amines is 1. The van der Waals surface area contributed by atoms with E-state index in [0.717, 1.165) is 56.6 Å². The lowest BCUT2D eigenvalue weighted by atomic mass is 9.90. The Bertz CT molecular complexity index is 3940. The summed E-state index contributed by atoms with van der Waals surface area (Å²) in [6.07, 6.45) is 3.13. The third-order valence-corrected chi connectivity index (χ3v) is 14.2. The number of rotatable bonds is 24. The SMILES string of the molecule is CCCC=C(OCC)N(Cc1ccc(-c2ccccc2-c2noc(=O)[nH]2)cc1)c1c(C)cccc1C(=O)OCc1oc(=O)oc1COC(O)c1cccc2nc(OCC)n(Cc3ccc(-c4ccccc4C4=NOC(=O)C(CC)C4)cc3)c12. The second-order valence-corrected chi connectivity index (χ2v) is 19.7. The molecule has 0 aliphatic carbocycles. The van der Waals surface area contributed by atoms with Crippen LogP contribution in [0.5, 0.6) is 6.01 Å². The molecule has 2 unspecified atom stereocenters. The Morgan fingerprint density at radius 1 is 0.783 bits per heavy atom. The van der Waals surface area contributed by atoms with Crippen molar-refractivity contribution in [2.45, 2.75) is 92.9 Å². The summed E-state index contributed by atoms with van der Waals surface area (Å²) in [6.45, 7) is 10.0. The number of carbonyl (C=O) groups is 2. The largest absolute Gasteiger partial charge is 0.519 e. The Balaban J connectivity index is 0.859. The summed E-state index contributed by atoms with van der Waals surface area (Å²) >= 11 is 0. The van der Waals surface area contributed by atoms with Crippen LogP contribution >= 0.6 is 0 Å². The minimum atomic E-state index is -1.56. The Labute approximate surface area is 477 Å². The number of aliphatic hydroxyl groups excluding tert-OH is 1. The highest BCUT2D eigenvalue weighted by atomic mass is 16.7. The first-order valence-electron chi connectivity index (χ1n) is 27.6. The fourth-order valence-electron chi connectivity index (χ4n) is 10.1. The average Bonchev–Trinajstić information content (AvgIpc) is 4.05. The molecule has 0 fully saturated rings. The molecule has 0 saturated carbocycles. The lowest BCUT2D eigenvalue weighted by Crippen LogP contribution is -2.27. The van der Waals surface area contributed by atoms with Crippen molar-refractivity contribution in [3.63, 3.8) is 0 Å². The molecule has 9 aromatic rings. The second kappa shape index (κ2) is 25.9. The normalized spacial score (nSPS) is 13.9. The summed E-state index contributed by atoms with van der Waals surface area (Å²) in [6, 6.07) is 42.3. The summed E-state index contributed by atoms with van der Waals surface area (Å²) in [7, 11) is 0. The van der Waals surface area contributed by atoms with Crippen LogP contribution in [-0.2, 0) is 50.1 Å². The molecule has 0 saturated heterocycles. The van der Waals surface area contributed by atoms with E-state index in [4.69, 9.17) is 42.1 Å². The van der Waals surface area contributed by atoms with Crippen molar-refractivity contribution < 1.29 is 51.8 Å². The molecule has 0 amide bonds. The van der Waals surface area contributed by atoms with Crippen LogP contribution < -0.4 is 21.2 Å². The monoisotopic (exact) mass is 1120 g/mol. The number of hydrogen-bond donors (Lipinski definition) is 2. The smallest absolute Gasteiger partial charge is 0.479 e. The van der Waals surface area contributed by atoms with Crippen LogP contribution in [0.25, 0.3) is 44.7 Å². The Morgan fingerprint density at radius 2 is 1.46 bits per heavy atom. The standard InChI is InChI=1S/C64H62N6O13/c1-6-10-25-55(76-8-3)69(35-40-26-32-44(33-27-40)46-19-12-14-21-48(46)58-66-63(74)83-68-58)56-39(5)17-15-22-49(56)60(72)78-37-53-54(81-64(75)80-53)38-79-61(73)50-23-16-24-51-57(50)70(62(65-51)77-9-4)36-41-28-30-43(31-29-41)45-18-11-13-20-47(45)52-34-42(7-2)59(71)82-67-52/h11-33,42,61,73H,6-10,34-38H2,1-5H3,(H,66,68,74). The van der Waals surface area contributed by atoms with E-state index in [2.05, 4.69) is 22.2 Å². The summed E-state index contributed by atoms with van der Waals surface area (Å²) in [5, 5.41) is 19.9. The summed E-state index contributed by atoms with van der Waals surface area (Å²) < 4.78 is 41.7. The molecular weight excluding hydrogens is 1060 g/mol. The van der Waals surface area contributed by atoms with Crippen molar-refractivity contribution in [3.8, 4) is 39.7 Å². The highest BCUT2D eigenvalue weighted by molar-refractivity contribution is 6.08. The maximum absolute atomic E-state index is 14.4. The molecule has 426 valence electrons. The molecule has 2 atom stereocenters. The van der Waals surface area contributed by atoms with Gasteiger partial charge in [0.25, 0.3) is 6.01 Å². The third kappa shape index (κ3) is 12.7. The number of anilines is 1. The number of aliphatic hydroxyl groups is 1. The van der Waals surface area contributed by atoms with Crippen LogP contribution in [0.1, 0.15) is 109 Å². The van der Waals surface area contributed by atoms with Gasteiger partial charge >= 0.3 is 23.5 Å². The number of esters is 1. The van der Waals surface area contributed by atoms with E-state index in [9.17, 15) is 24.3 Å². The number of aromatic nitrogens is 4. The fraction of sp³-hybridized carbons (Fsp3) is 0.266. The van der Waals surface area contributed by atoms with Crippen molar-refractivity contribution in [3.05, 3.63) is 211 Å². The lowest BCUT2D eigenvalue weighted by Gasteiger charge is -2.30. The number of ether oxygens (including phenoxy) is 4. The van der Waals surface area contributed by atoms with Gasteiger partial charge in [-0.15, -0.1) is 0 Å². The Kier molecular flexibility index (Phi) is 17.7. The zero-order chi connectivity index (χ0) is 58.0. The Morgan fingerprint density at radius 3 is 2.13 bits per heavy atom. The van der Waals surface area contributed by atoms with Crippen molar-refractivity contribution >= 4 is 34.4 Å². The van der Waals surface area contributed by atoms with E-state index >= 15 is 0 Å². The van der Waals surface area contributed by atoms with Crippen LogP contribution in [0.3, 0.4) is 0 Å². The van der Waals surface area contributed by atoms with E-state index < -0.39 is 37.1 Å². The molecule has 19 nitrogen and oxygen atoms in total. The number of nitrogens with one attached hydrogen (secondary N) is 1. The summed E-state index contributed by atoms with van der Waals surface area (Å²) in [5.41, 5.74) is 10.7. The van der Waals surface area contributed by atoms with Gasteiger partial charge in [-0.25, -0.2) is 19.2 Å². The zero-order valence-corrected chi connectivity index (χ0v) is 46.6. The molecule has 3 aromatic heterocycles. The highest BCUT2D eigenvalue weighted by Crippen LogP contribution is 2.36. The van der Waals surface area contributed by atoms with Gasteiger partial charge in [-0.3, -0.25) is 14.1 Å². The van der Waals surface area contributed by atoms with Crippen molar-refractivity contribution in [2.75, 3.05) is 18.1 Å². The molecule has 1 aliphatic rings. The first-order valence-corrected chi connectivity index (χ1v) is 27.6. The third-order valence-electron chi connectivity index (χ3n) is 14.2. The summed E-state index contributed by atoms with van der Waals surface area (Å²) in [4.78, 5) is 65.7. The molecule has 0 spiro atoms. The van der Waals surface area contributed by atoms with Crippen molar-refractivity contribution in [1.82, 2.24) is 19.7 Å². The molecule has 2 N–H and O–H groups in total. The zero-order valence-electron chi connectivity index (χ0n) is 46.6. The minimum Gasteiger partial charge on any atom is -0.479 e. The maximum atomic E-state index is 14.4. The number of benzene rings is 6. The summed E-state index contributed by atoms with van der Waals surface area (Å²) in [5.74, 6) is -2.32. The van der Waals surface area contributed by atoms with Gasteiger partial charge in [0.15, 0.2) is 36.1 Å². The number of nitrogens with zero attached hydrogens (tertiary/aromatic N) is 5. The number of aryl methyl sites for hydroxylation is 1. The van der Waals surface area contributed by atoms with Crippen LogP contribution in [0.2, 0.25) is 0 Å². The number of fused-ring (bicyclic) bond motifs is 1. The van der Waals surface area contributed by atoms with Crippen LogP contribution in [0.4, 0.5) is 5.69 Å². The molecule has 83 heavy (non-hydrogen) atoms. The number of carbonyl (C=O) groups excluding carboxylic acids is 2. The molecule has 0 radical (unpaired) electrons. The van der Waals surface area contributed by atoms with Crippen LogP contribution in [0.15, 0.2) is 174 Å². The number of imidazole rings is 1. The molecule has 1 aliphatic heterocycles. The van der Waals surface area contributed by atoms with Crippen molar-refractivity contribution in [1.29, 1.82) is 0 Å². The lowest BCUT2D eigenvalue weighted by molar-refractivity contribution is -0.149. The number of para-hydroxylation sites is 2. The molecule has 4 heterocycles. The molecular formula is C64H62N6O13. The molecule has 19 heteroatoms. The number of hydrogen-bond acceptors (Lipinski definition) is 17. The number of allylic oxidation sites excluding steroid dienone is 1. The minimum absolute atomic E-state index is 0.0893. The van der Waals surface area contributed by atoms with Gasteiger partial charge in [0.2, 0.25) is 0 Å². The molecule has 0 bridgehead atoms. The fourth-order valence-corrected chi connectivity index (χ4v) is 10.1. The molecule has 10 rings (SSSR count). The van der Waals surface area contributed by atoms with E-state index in [0.29, 0.717) is 91.1 Å². The van der Waals surface area contributed by atoms with Gasteiger partial charge in [-0.1, -0.05) is 152 Å².